The third kappa shape index (κ3) is 4.51. The van der Waals surface area contributed by atoms with E-state index >= 15 is 0 Å². The normalized spacial score (nSPS) is 20.7. The summed E-state index contributed by atoms with van der Waals surface area (Å²) in [6.07, 6.45) is 5.08. The molecule has 2 aromatic rings. The monoisotopic (exact) mass is 364 g/mol. The van der Waals surface area contributed by atoms with E-state index in [1.54, 1.807) is 0 Å². The highest BCUT2D eigenvalue weighted by Gasteiger charge is 2.27. The maximum absolute atomic E-state index is 11.3. The lowest BCUT2D eigenvalue weighted by Crippen LogP contribution is -2.43. The molecule has 2 aliphatic rings. The van der Waals surface area contributed by atoms with Crippen LogP contribution in [0.2, 0.25) is 0 Å². The second kappa shape index (κ2) is 8.13. The standard InChI is InChI=1S/C23H28N2O2/c24-23(26)19-10-12-25(13-11-19)16-21-8-7-20-15-18(6-9-22(20)27-21)14-17-4-2-1-3-5-17/h1-6,9,15,19,21H,7-8,10-14,16H2,(H2,24,26). The van der Waals surface area contributed by atoms with Gasteiger partial charge in [0.05, 0.1) is 0 Å². The van der Waals surface area contributed by atoms with E-state index < -0.39 is 0 Å². The second-order valence-electron chi connectivity index (χ2n) is 7.86. The van der Waals surface area contributed by atoms with E-state index in [1.165, 1.54) is 16.7 Å². The van der Waals surface area contributed by atoms with Crippen LogP contribution in [0.4, 0.5) is 0 Å². The lowest BCUT2D eigenvalue weighted by molar-refractivity contribution is -0.123. The molecular weight excluding hydrogens is 336 g/mol. The number of nitrogens with zero attached hydrogens (tertiary/aromatic N) is 1. The Balaban J connectivity index is 1.33. The predicted octanol–water partition coefficient (Wildman–Crippen LogP) is 3.17. The van der Waals surface area contributed by atoms with E-state index in [9.17, 15) is 4.79 Å². The molecule has 1 amide bonds. The Labute approximate surface area is 161 Å². The molecule has 4 heteroatoms. The number of likely N-dealkylation sites (tertiary alicyclic amines) is 1. The van der Waals surface area contributed by atoms with Crippen molar-refractivity contribution >= 4 is 5.91 Å². The average Bonchev–Trinajstić information content (AvgIpc) is 2.69. The Kier molecular flexibility index (Phi) is 5.44. The van der Waals surface area contributed by atoms with Crippen LogP contribution in [0.5, 0.6) is 5.75 Å². The molecule has 1 saturated heterocycles. The van der Waals surface area contributed by atoms with Gasteiger partial charge in [0, 0.05) is 12.5 Å². The van der Waals surface area contributed by atoms with Crippen molar-refractivity contribution in [2.45, 2.75) is 38.2 Å². The van der Waals surface area contributed by atoms with Gasteiger partial charge >= 0.3 is 0 Å². The van der Waals surface area contributed by atoms with Gasteiger partial charge in [0.25, 0.3) is 0 Å². The molecule has 1 fully saturated rings. The first kappa shape index (κ1) is 18.1. The molecule has 4 rings (SSSR count). The van der Waals surface area contributed by atoms with Crippen LogP contribution in [0.25, 0.3) is 0 Å². The maximum atomic E-state index is 11.3. The molecule has 1 unspecified atom stereocenters. The highest BCUT2D eigenvalue weighted by Crippen LogP contribution is 2.30. The molecule has 0 saturated carbocycles. The third-order valence-corrected chi connectivity index (χ3v) is 5.86. The summed E-state index contributed by atoms with van der Waals surface area (Å²) < 4.78 is 6.28. The Morgan fingerprint density at radius 3 is 2.56 bits per heavy atom. The smallest absolute Gasteiger partial charge is 0.220 e. The Bertz CT molecular complexity index is 782. The quantitative estimate of drug-likeness (QED) is 0.887. The topological polar surface area (TPSA) is 55.6 Å². The van der Waals surface area contributed by atoms with E-state index in [-0.39, 0.29) is 17.9 Å². The number of rotatable bonds is 5. The van der Waals surface area contributed by atoms with Crippen molar-refractivity contribution in [2.75, 3.05) is 19.6 Å². The van der Waals surface area contributed by atoms with Crippen molar-refractivity contribution in [1.29, 1.82) is 0 Å². The molecular formula is C23H28N2O2. The van der Waals surface area contributed by atoms with E-state index in [0.29, 0.717) is 0 Å². The number of hydrogen-bond acceptors (Lipinski definition) is 3. The Hall–Kier alpha value is -2.33. The highest BCUT2D eigenvalue weighted by atomic mass is 16.5. The summed E-state index contributed by atoms with van der Waals surface area (Å²) in [5, 5.41) is 0. The van der Waals surface area contributed by atoms with Crippen LogP contribution >= 0.6 is 0 Å². The molecule has 2 N–H and O–H groups in total. The SMILES string of the molecule is NC(=O)C1CCN(CC2CCc3cc(Cc4ccccc4)ccc3O2)CC1. The second-order valence-corrected chi connectivity index (χ2v) is 7.86. The van der Waals surface area contributed by atoms with Gasteiger partial charge in [-0.25, -0.2) is 0 Å². The number of fused-ring (bicyclic) bond motifs is 1. The van der Waals surface area contributed by atoms with Crippen LogP contribution in [-0.2, 0) is 17.6 Å². The number of benzene rings is 2. The lowest BCUT2D eigenvalue weighted by atomic mass is 9.94. The van der Waals surface area contributed by atoms with E-state index in [2.05, 4.69) is 53.4 Å². The molecule has 2 aliphatic heterocycles. The molecule has 0 aliphatic carbocycles. The molecule has 0 spiro atoms. The summed E-state index contributed by atoms with van der Waals surface area (Å²) in [6, 6.07) is 17.2. The van der Waals surface area contributed by atoms with Crippen LogP contribution in [-0.4, -0.2) is 36.5 Å². The number of piperidine rings is 1. The molecule has 4 nitrogen and oxygen atoms in total. The molecule has 1 atom stereocenters. The number of nitrogens with two attached hydrogens (primary N) is 1. The maximum Gasteiger partial charge on any atom is 0.220 e. The molecule has 2 heterocycles. The summed E-state index contributed by atoms with van der Waals surface area (Å²) in [5.41, 5.74) is 9.44. The number of carbonyl (C=O) groups excluding carboxylic acids is 1. The molecule has 27 heavy (non-hydrogen) atoms. The fourth-order valence-electron chi connectivity index (χ4n) is 4.26. The van der Waals surface area contributed by atoms with Crippen molar-refractivity contribution in [3.63, 3.8) is 0 Å². The van der Waals surface area contributed by atoms with Crippen molar-refractivity contribution in [3.05, 3.63) is 65.2 Å². The van der Waals surface area contributed by atoms with E-state index in [1.807, 2.05) is 0 Å². The van der Waals surface area contributed by atoms with E-state index in [4.69, 9.17) is 10.5 Å². The number of amides is 1. The van der Waals surface area contributed by atoms with E-state index in [0.717, 1.165) is 57.5 Å². The average molecular weight is 364 g/mol. The summed E-state index contributed by atoms with van der Waals surface area (Å²) in [4.78, 5) is 13.7. The zero-order chi connectivity index (χ0) is 18.6. The van der Waals surface area contributed by atoms with Crippen LogP contribution in [0.3, 0.4) is 0 Å². The first-order valence-electron chi connectivity index (χ1n) is 10.0. The minimum absolute atomic E-state index is 0.0530. The van der Waals surface area contributed by atoms with Crippen molar-refractivity contribution in [2.24, 2.45) is 11.7 Å². The van der Waals surface area contributed by atoms with Gasteiger partial charge in [-0.15, -0.1) is 0 Å². The van der Waals surface area contributed by atoms with Gasteiger partial charge < -0.3 is 10.5 Å². The van der Waals surface area contributed by atoms with Gasteiger partial charge in [-0.2, -0.15) is 0 Å². The van der Waals surface area contributed by atoms with Crippen LogP contribution in [0.1, 0.15) is 36.0 Å². The lowest BCUT2D eigenvalue weighted by Gasteiger charge is -2.35. The fourth-order valence-corrected chi connectivity index (χ4v) is 4.26. The zero-order valence-electron chi connectivity index (χ0n) is 15.8. The van der Waals surface area contributed by atoms with Crippen molar-refractivity contribution < 1.29 is 9.53 Å². The molecule has 0 radical (unpaired) electrons. The van der Waals surface area contributed by atoms with Crippen LogP contribution < -0.4 is 10.5 Å². The summed E-state index contributed by atoms with van der Waals surface area (Å²) in [5.74, 6) is 0.941. The largest absolute Gasteiger partial charge is 0.489 e. The molecule has 2 aromatic carbocycles. The Morgan fingerprint density at radius 2 is 1.81 bits per heavy atom. The first-order valence-corrected chi connectivity index (χ1v) is 10.0. The summed E-state index contributed by atoms with van der Waals surface area (Å²) >= 11 is 0. The van der Waals surface area contributed by atoms with Gasteiger partial charge in [-0.3, -0.25) is 9.69 Å². The van der Waals surface area contributed by atoms with Gasteiger partial charge in [0.1, 0.15) is 11.9 Å². The Morgan fingerprint density at radius 1 is 1.04 bits per heavy atom. The molecule has 142 valence electrons. The predicted molar refractivity (Wildman–Crippen MR) is 107 cm³/mol. The summed E-state index contributed by atoms with van der Waals surface area (Å²) in [6.45, 7) is 2.82. The number of aryl methyl sites for hydroxylation is 1. The minimum atomic E-state index is -0.149. The minimum Gasteiger partial charge on any atom is -0.489 e. The number of hydrogen-bond donors (Lipinski definition) is 1. The first-order chi connectivity index (χ1) is 13.2. The molecule has 0 bridgehead atoms. The third-order valence-electron chi connectivity index (χ3n) is 5.86. The fraction of sp³-hybridized carbons (Fsp3) is 0.435. The van der Waals surface area contributed by atoms with Gasteiger partial charge in [0.15, 0.2) is 0 Å². The van der Waals surface area contributed by atoms with Gasteiger partial charge in [-0.1, -0.05) is 42.5 Å². The zero-order valence-corrected chi connectivity index (χ0v) is 15.8. The number of primary amides is 1. The summed E-state index contributed by atoms with van der Waals surface area (Å²) in [7, 11) is 0. The number of ether oxygens (including phenoxy) is 1. The van der Waals surface area contributed by atoms with Crippen LogP contribution in [0.15, 0.2) is 48.5 Å². The van der Waals surface area contributed by atoms with Crippen molar-refractivity contribution in [1.82, 2.24) is 4.90 Å². The number of carbonyl (C=O) groups is 1. The van der Waals surface area contributed by atoms with Crippen molar-refractivity contribution in [3.8, 4) is 5.75 Å². The van der Waals surface area contributed by atoms with Gasteiger partial charge in [-0.05, 0) is 68.0 Å². The van der Waals surface area contributed by atoms with Crippen LogP contribution in [0, 0.1) is 5.92 Å². The van der Waals surface area contributed by atoms with Gasteiger partial charge in [0.2, 0.25) is 5.91 Å². The molecule has 0 aromatic heterocycles. The highest BCUT2D eigenvalue weighted by molar-refractivity contribution is 5.76.